The molecular formula is C24H32N2O2. The van der Waals surface area contributed by atoms with E-state index in [1.165, 1.54) is 11.1 Å². The Balaban J connectivity index is 1.66. The summed E-state index contributed by atoms with van der Waals surface area (Å²) in [5, 5.41) is 0. The molecule has 2 aromatic rings. The Hall–Kier alpha value is -2.17. The number of hydrogen-bond acceptors (Lipinski definition) is 4. The third-order valence-electron chi connectivity index (χ3n) is 5.19. The summed E-state index contributed by atoms with van der Waals surface area (Å²) in [6.07, 6.45) is 0. The number of piperazine rings is 1. The third-order valence-corrected chi connectivity index (χ3v) is 5.19. The van der Waals surface area contributed by atoms with E-state index < -0.39 is 5.41 Å². The number of esters is 1. The molecule has 1 fully saturated rings. The summed E-state index contributed by atoms with van der Waals surface area (Å²) in [4.78, 5) is 17.2. The first-order valence-corrected chi connectivity index (χ1v) is 10.1. The maximum atomic E-state index is 12.3. The van der Waals surface area contributed by atoms with Gasteiger partial charge in [0.1, 0.15) is 6.61 Å². The van der Waals surface area contributed by atoms with Crippen molar-refractivity contribution in [3.05, 3.63) is 71.8 Å². The van der Waals surface area contributed by atoms with Crippen LogP contribution in [-0.4, -0.2) is 48.1 Å². The average molecular weight is 381 g/mol. The van der Waals surface area contributed by atoms with Crippen LogP contribution in [0, 0.1) is 5.41 Å². The van der Waals surface area contributed by atoms with E-state index in [4.69, 9.17) is 4.74 Å². The quantitative estimate of drug-likeness (QED) is 0.710. The van der Waals surface area contributed by atoms with Crippen molar-refractivity contribution in [2.45, 2.75) is 39.9 Å². The first-order valence-electron chi connectivity index (χ1n) is 10.1. The van der Waals surface area contributed by atoms with Gasteiger partial charge in [-0.1, -0.05) is 60.7 Å². The van der Waals surface area contributed by atoms with Crippen LogP contribution >= 0.6 is 0 Å². The lowest BCUT2D eigenvalue weighted by molar-refractivity contribution is -0.155. The lowest BCUT2D eigenvalue weighted by Crippen LogP contribution is -2.54. The summed E-state index contributed by atoms with van der Waals surface area (Å²) in [6, 6.07) is 21.3. The molecule has 150 valence electrons. The van der Waals surface area contributed by atoms with Gasteiger partial charge in [-0.2, -0.15) is 0 Å². The highest BCUT2D eigenvalue weighted by Crippen LogP contribution is 2.19. The Bertz CT molecular complexity index is 740. The molecule has 28 heavy (non-hydrogen) atoms. The lowest BCUT2D eigenvalue weighted by Gasteiger charge is -2.41. The molecule has 1 heterocycles. The molecular weight excluding hydrogens is 348 g/mol. The Kier molecular flexibility index (Phi) is 6.87. The van der Waals surface area contributed by atoms with E-state index in [2.05, 4.69) is 64.4 Å². The van der Waals surface area contributed by atoms with Crippen molar-refractivity contribution in [1.82, 2.24) is 9.80 Å². The molecule has 1 atom stereocenters. The molecule has 2 aromatic carbocycles. The van der Waals surface area contributed by atoms with Gasteiger partial charge in [0.25, 0.3) is 0 Å². The summed E-state index contributed by atoms with van der Waals surface area (Å²) in [6.45, 7) is 10.9. The Morgan fingerprint density at radius 3 is 2.07 bits per heavy atom. The van der Waals surface area contributed by atoms with E-state index in [0.29, 0.717) is 6.61 Å². The SMILES string of the molecule is CC(C)(C)C(=O)OC[C@@H]1CN(Cc2ccccc2)CCN1Cc1ccccc1. The van der Waals surface area contributed by atoms with Crippen LogP contribution in [-0.2, 0) is 22.6 Å². The van der Waals surface area contributed by atoms with Gasteiger partial charge in [-0.05, 0) is 31.9 Å². The topological polar surface area (TPSA) is 32.8 Å². The molecule has 4 heteroatoms. The molecule has 0 radical (unpaired) electrons. The number of nitrogens with zero attached hydrogens (tertiary/aromatic N) is 2. The van der Waals surface area contributed by atoms with Gasteiger partial charge in [-0.15, -0.1) is 0 Å². The second-order valence-corrected chi connectivity index (χ2v) is 8.68. The Morgan fingerprint density at radius 1 is 0.929 bits per heavy atom. The molecule has 0 saturated carbocycles. The highest BCUT2D eigenvalue weighted by Gasteiger charge is 2.30. The van der Waals surface area contributed by atoms with Crippen molar-refractivity contribution in [1.29, 1.82) is 0 Å². The summed E-state index contributed by atoms with van der Waals surface area (Å²) in [5.74, 6) is -0.132. The second kappa shape index (κ2) is 9.35. The number of ether oxygens (including phenoxy) is 1. The van der Waals surface area contributed by atoms with Gasteiger partial charge in [0.2, 0.25) is 0 Å². The molecule has 0 unspecified atom stereocenters. The zero-order valence-corrected chi connectivity index (χ0v) is 17.3. The largest absolute Gasteiger partial charge is 0.464 e. The van der Waals surface area contributed by atoms with Crippen molar-refractivity contribution in [2.24, 2.45) is 5.41 Å². The number of carbonyl (C=O) groups excluding carboxylic acids is 1. The van der Waals surface area contributed by atoms with Crippen molar-refractivity contribution < 1.29 is 9.53 Å². The van der Waals surface area contributed by atoms with Gasteiger partial charge in [0.05, 0.1) is 11.5 Å². The molecule has 0 aromatic heterocycles. The Labute approximate surface area is 169 Å². The predicted octanol–water partition coefficient (Wildman–Crippen LogP) is 3.96. The minimum absolute atomic E-state index is 0.132. The van der Waals surface area contributed by atoms with Crippen LogP contribution in [0.4, 0.5) is 0 Å². The molecule has 3 rings (SSSR count). The summed E-state index contributed by atoms with van der Waals surface area (Å²) >= 11 is 0. The maximum Gasteiger partial charge on any atom is 0.311 e. The van der Waals surface area contributed by atoms with Crippen LogP contribution in [0.5, 0.6) is 0 Å². The normalized spacial score (nSPS) is 18.8. The molecule has 1 aliphatic heterocycles. The van der Waals surface area contributed by atoms with Crippen molar-refractivity contribution in [3.8, 4) is 0 Å². The third kappa shape index (κ3) is 5.91. The Morgan fingerprint density at radius 2 is 1.50 bits per heavy atom. The highest BCUT2D eigenvalue weighted by atomic mass is 16.5. The number of carbonyl (C=O) groups is 1. The van der Waals surface area contributed by atoms with Crippen LogP contribution in [0.1, 0.15) is 31.9 Å². The van der Waals surface area contributed by atoms with Crippen LogP contribution in [0.2, 0.25) is 0 Å². The van der Waals surface area contributed by atoms with Gasteiger partial charge in [0.15, 0.2) is 0 Å². The van der Waals surface area contributed by atoms with Gasteiger partial charge in [-0.25, -0.2) is 0 Å². The van der Waals surface area contributed by atoms with Crippen LogP contribution in [0.25, 0.3) is 0 Å². The van der Waals surface area contributed by atoms with Gasteiger partial charge < -0.3 is 4.74 Å². The lowest BCUT2D eigenvalue weighted by atomic mass is 9.97. The van der Waals surface area contributed by atoms with Crippen LogP contribution < -0.4 is 0 Å². The summed E-state index contributed by atoms with van der Waals surface area (Å²) in [5.41, 5.74) is 2.15. The summed E-state index contributed by atoms with van der Waals surface area (Å²) in [7, 11) is 0. The average Bonchev–Trinajstić information content (AvgIpc) is 2.68. The standard InChI is InChI=1S/C24H32N2O2/c1-24(2,3)23(27)28-19-22-18-25(16-20-10-6-4-7-11-20)14-15-26(22)17-21-12-8-5-9-13-21/h4-13,22H,14-19H2,1-3H3/t22-/m0/s1. The zero-order valence-electron chi connectivity index (χ0n) is 17.3. The fraction of sp³-hybridized carbons (Fsp3) is 0.458. The van der Waals surface area contributed by atoms with Crippen LogP contribution in [0.15, 0.2) is 60.7 Å². The first kappa shape index (κ1) is 20.6. The molecule has 4 nitrogen and oxygen atoms in total. The van der Waals surface area contributed by atoms with E-state index >= 15 is 0 Å². The predicted molar refractivity (Wildman–Crippen MR) is 113 cm³/mol. The van der Waals surface area contributed by atoms with Gasteiger partial charge in [0, 0.05) is 32.7 Å². The number of hydrogen-bond donors (Lipinski definition) is 0. The molecule has 0 spiro atoms. The first-order chi connectivity index (χ1) is 13.4. The molecule has 0 aliphatic carbocycles. The molecule has 0 bridgehead atoms. The molecule has 0 amide bonds. The number of rotatable bonds is 6. The van der Waals surface area contributed by atoms with E-state index in [9.17, 15) is 4.79 Å². The molecule has 0 N–H and O–H groups in total. The smallest absolute Gasteiger partial charge is 0.311 e. The van der Waals surface area contributed by atoms with Crippen molar-refractivity contribution in [3.63, 3.8) is 0 Å². The fourth-order valence-corrected chi connectivity index (χ4v) is 3.52. The maximum absolute atomic E-state index is 12.3. The monoisotopic (exact) mass is 380 g/mol. The minimum Gasteiger partial charge on any atom is -0.464 e. The van der Waals surface area contributed by atoms with E-state index in [1.807, 2.05) is 26.8 Å². The summed E-state index contributed by atoms with van der Waals surface area (Å²) < 4.78 is 5.71. The highest BCUT2D eigenvalue weighted by molar-refractivity contribution is 5.75. The molecule has 1 aliphatic rings. The number of benzene rings is 2. The zero-order chi connectivity index (χ0) is 20.0. The van der Waals surface area contributed by atoms with Gasteiger partial charge >= 0.3 is 5.97 Å². The van der Waals surface area contributed by atoms with Crippen molar-refractivity contribution >= 4 is 5.97 Å². The van der Waals surface area contributed by atoms with Crippen LogP contribution in [0.3, 0.4) is 0 Å². The molecule has 1 saturated heterocycles. The van der Waals surface area contributed by atoms with Gasteiger partial charge in [-0.3, -0.25) is 14.6 Å². The second-order valence-electron chi connectivity index (χ2n) is 8.68. The fourth-order valence-electron chi connectivity index (χ4n) is 3.52. The van der Waals surface area contributed by atoms with E-state index in [1.54, 1.807) is 0 Å². The minimum atomic E-state index is -0.470. The van der Waals surface area contributed by atoms with Crippen molar-refractivity contribution in [2.75, 3.05) is 26.2 Å². The van der Waals surface area contributed by atoms with E-state index in [-0.39, 0.29) is 12.0 Å². The van der Waals surface area contributed by atoms with E-state index in [0.717, 1.165) is 32.7 Å².